The Balaban J connectivity index is 2.28. The Morgan fingerprint density at radius 1 is 1.38 bits per heavy atom. The maximum absolute atomic E-state index is 5.93. The van der Waals surface area contributed by atoms with E-state index < -0.39 is 0 Å². The normalized spacial score (nSPS) is 10.7. The molecule has 0 spiro atoms. The van der Waals surface area contributed by atoms with Crippen molar-refractivity contribution in [1.29, 1.82) is 0 Å². The van der Waals surface area contributed by atoms with Gasteiger partial charge in [-0.05, 0) is 6.07 Å². The van der Waals surface area contributed by atoms with Crippen molar-refractivity contribution in [1.82, 2.24) is 19.5 Å². The SMILES string of the molecule is CCc1nc(Cl)cc(Cc2nccn2C)n1. The lowest BCUT2D eigenvalue weighted by Crippen LogP contribution is -2.03. The Morgan fingerprint density at radius 3 is 2.81 bits per heavy atom. The Labute approximate surface area is 99.3 Å². The van der Waals surface area contributed by atoms with Crippen molar-refractivity contribution in [2.75, 3.05) is 0 Å². The number of hydrogen-bond acceptors (Lipinski definition) is 3. The predicted molar refractivity (Wildman–Crippen MR) is 62.4 cm³/mol. The lowest BCUT2D eigenvalue weighted by molar-refractivity contribution is 0.799. The quantitative estimate of drug-likeness (QED) is 0.766. The highest BCUT2D eigenvalue weighted by Gasteiger charge is 2.06. The third-order valence-electron chi connectivity index (χ3n) is 2.37. The summed E-state index contributed by atoms with van der Waals surface area (Å²) in [5.41, 5.74) is 0.908. The summed E-state index contributed by atoms with van der Waals surface area (Å²) >= 11 is 5.93. The highest BCUT2D eigenvalue weighted by atomic mass is 35.5. The number of aryl methyl sites for hydroxylation is 2. The zero-order valence-electron chi connectivity index (χ0n) is 9.31. The molecule has 0 radical (unpaired) electrons. The van der Waals surface area contributed by atoms with Gasteiger partial charge in [-0.3, -0.25) is 0 Å². The van der Waals surface area contributed by atoms with Crippen molar-refractivity contribution >= 4 is 11.6 Å². The third kappa shape index (κ3) is 2.39. The van der Waals surface area contributed by atoms with Gasteiger partial charge in [0.1, 0.15) is 16.8 Å². The fourth-order valence-electron chi connectivity index (χ4n) is 1.49. The van der Waals surface area contributed by atoms with E-state index >= 15 is 0 Å². The first-order chi connectivity index (χ1) is 7.69. The van der Waals surface area contributed by atoms with Gasteiger partial charge in [-0.15, -0.1) is 0 Å². The number of imidazole rings is 1. The molecule has 5 heteroatoms. The Kier molecular flexibility index (Phi) is 3.19. The molecule has 2 aromatic rings. The summed E-state index contributed by atoms with van der Waals surface area (Å²) in [6, 6.07) is 1.79. The number of aromatic nitrogens is 4. The molecule has 2 rings (SSSR count). The molecular formula is C11H13ClN4. The van der Waals surface area contributed by atoms with Crippen LogP contribution in [0, 0.1) is 0 Å². The van der Waals surface area contributed by atoms with Crippen molar-refractivity contribution < 1.29 is 0 Å². The molecule has 0 aromatic carbocycles. The van der Waals surface area contributed by atoms with Crippen LogP contribution in [-0.4, -0.2) is 19.5 Å². The van der Waals surface area contributed by atoms with Crippen molar-refractivity contribution in [3.8, 4) is 0 Å². The summed E-state index contributed by atoms with van der Waals surface area (Å²) in [7, 11) is 1.96. The van der Waals surface area contributed by atoms with Crippen LogP contribution >= 0.6 is 11.6 Å². The highest BCUT2D eigenvalue weighted by Crippen LogP contribution is 2.11. The van der Waals surface area contributed by atoms with Crippen molar-refractivity contribution in [2.45, 2.75) is 19.8 Å². The van der Waals surface area contributed by atoms with Crippen LogP contribution in [0.15, 0.2) is 18.5 Å². The molecule has 0 saturated heterocycles. The summed E-state index contributed by atoms with van der Waals surface area (Å²) < 4.78 is 1.97. The van der Waals surface area contributed by atoms with Crippen LogP contribution in [0.3, 0.4) is 0 Å². The molecule has 0 amide bonds. The first-order valence-corrected chi connectivity index (χ1v) is 5.55. The lowest BCUT2D eigenvalue weighted by atomic mass is 10.2. The Morgan fingerprint density at radius 2 is 2.19 bits per heavy atom. The second kappa shape index (κ2) is 4.61. The van der Waals surface area contributed by atoms with Gasteiger partial charge in [0.2, 0.25) is 0 Å². The van der Waals surface area contributed by atoms with Crippen LogP contribution in [0.2, 0.25) is 5.15 Å². The third-order valence-corrected chi connectivity index (χ3v) is 2.56. The zero-order valence-corrected chi connectivity index (χ0v) is 10.1. The van der Waals surface area contributed by atoms with Crippen molar-refractivity contribution in [2.24, 2.45) is 7.05 Å². The molecule has 2 heterocycles. The second-order valence-electron chi connectivity index (χ2n) is 3.58. The fraction of sp³-hybridized carbons (Fsp3) is 0.364. The predicted octanol–water partition coefficient (Wildman–Crippen LogP) is 2.02. The highest BCUT2D eigenvalue weighted by molar-refractivity contribution is 6.29. The van der Waals surface area contributed by atoms with Gasteiger partial charge in [-0.25, -0.2) is 15.0 Å². The first kappa shape index (κ1) is 11.1. The number of nitrogens with zero attached hydrogens (tertiary/aromatic N) is 4. The van der Waals surface area contributed by atoms with Gasteiger partial charge in [-0.2, -0.15) is 0 Å². The van der Waals surface area contributed by atoms with Crippen LogP contribution in [0.5, 0.6) is 0 Å². The number of hydrogen-bond donors (Lipinski definition) is 0. The zero-order chi connectivity index (χ0) is 11.5. The van der Waals surface area contributed by atoms with Crippen LogP contribution in [0.1, 0.15) is 24.3 Å². The molecular weight excluding hydrogens is 224 g/mol. The Bertz CT molecular complexity index is 492. The van der Waals surface area contributed by atoms with E-state index in [9.17, 15) is 0 Å². The molecule has 0 bridgehead atoms. The summed E-state index contributed by atoms with van der Waals surface area (Å²) in [4.78, 5) is 12.8. The van der Waals surface area contributed by atoms with Crippen LogP contribution in [0.4, 0.5) is 0 Å². The molecule has 2 aromatic heterocycles. The van der Waals surface area contributed by atoms with Crippen molar-refractivity contribution in [3.05, 3.63) is 41.0 Å². The second-order valence-corrected chi connectivity index (χ2v) is 3.97. The minimum absolute atomic E-state index is 0.496. The van der Waals surface area contributed by atoms with Gasteiger partial charge < -0.3 is 4.57 Å². The number of rotatable bonds is 3. The van der Waals surface area contributed by atoms with E-state index in [2.05, 4.69) is 15.0 Å². The molecule has 16 heavy (non-hydrogen) atoms. The smallest absolute Gasteiger partial charge is 0.133 e. The number of halogens is 1. The molecule has 0 unspecified atom stereocenters. The molecule has 0 aliphatic rings. The topological polar surface area (TPSA) is 43.6 Å². The summed E-state index contributed by atoms with van der Waals surface area (Å²) in [6.45, 7) is 2.01. The summed E-state index contributed by atoms with van der Waals surface area (Å²) in [5, 5.41) is 0.496. The van der Waals surface area contributed by atoms with Gasteiger partial charge in [0, 0.05) is 32.3 Å². The molecule has 0 fully saturated rings. The average Bonchev–Trinajstić information content (AvgIpc) is 2.63. The maximum atomic E-state index is 5.93. The van der Waals surface area contributed by atoms with Gasteiger partial charge in [0.25, 0.3) is 0 Å². The van der Waals surface area contributed by atoms with Gasteiger partial charge in [-0.1, -0.05) is 18.5 Å². The van der Waals surface area contributed by atoms with Crippen LogP contribution in [0.25, 0.3) is 0 Å². The van der Waals surface area contributed by atoms with E-state index in [0.717, 1.165) is 23.8 Å². The molecule has 0 saturated carbocycles. The minimum Gasteiger partial charge on any atom is -0.338 e. The average molecular weight is 237 g/mol. The summed E-state index contributed by atoms with van der Waals surface area (Å²) in [5.74, 6) is 1.74. The molecule has 0 N–H and O–H groups in total. The van der Waals surface area contributed by atoms with Crippen LogP contribution < -0.4 is 0 Å². The largest absolute Gasteiger partial charge is 0.338 e. The summed E-state index contributed by atoms with van der Waals surface area (Å²) in [6.07, 6.45) is 5.16. The minimum atomic E-state index is 0.496. The molecule has 0 aliphatic heterocycles. The Hall–Kier alpha value is -1.42. The molecule has 0 atom stereocenters. The first-order valence-electron chi connectivity index (χ1n) is 5.17. The standard InChI is InChI=1S/C11H13ClN4/c1-3-10-14-8(6-9(12)15-10)7-11-13-4-5-16(11)2/h4-6H,3,7H2,1-2H3. The van der Waals surface area contributed by atoms with Crippen molar-refractivity contribution in [3.63, 3.8) is 0 Å². The van der Waals surface area contributed by atoms with Crippen LogP contribution in [-0.2, 0) is 19.9 Å². The van der Waals surface area contributed by atoms with E-state index in [4.69, 9.17) is 11.6 Å². The molecule has 84 valence electrons. The van der Waals surface area contributed by atoms with E-state index in [1.54, 1.807) is 12.3 Å². The van der Waals surface area contributed by atoms with E-state index in [-0.39, 0.29) is 0 Å². The maximum Gasteiger partial charge on any atom is 0.133 e. The van der Waals surface area contributed by atoms with E-state index in [1.165, 1.54) is 0 Å². The van der Waals surface area contributed by atoms with Gasteiger partial charge in [0.15, 0.2) is 0 Å². The molecule has 0 aliphatic carbocycles. The van der Waals surface area contributed by atoms with E-state index in [0.29, 0.717) is 11.6 Å². The lowest BCUT2D eigenvalue weighted by Gasteiger charge is -2.04. The fourth-order valence-corrected chi connectivity index (χ4v) is 1.72. The van der Waals surface area contributed by atoms with E-state index in [1.807, 2.05) is 24.7 Å². The monoisotopic (exact) mass is 236 g/mol. The molecule has 4 nitrogen and oxygen atoms in total. The van der Waals surface area contributed by atoms with Gasteiger partial charge in [0.05, 0.1) is 5.69 Å². The van der Waals surface area contributed by atoms with Gasteiger partial charge >= 0.3 is 0 Å².